The van der Waals surface area contributed by atoms with Crippen LogP contribution in [0.15, 0.2) is 48.7 Å². The maximum Gasteiger partial charge on any atom is 0.341 e. The van der Waals surface area contributed by atoms with Crippen molar-refractivity contribution in [2.45, 2.75) is 47.3 Å². The number of fused-ring (bicyclic) bond motifs is 1. The van der Waals surface area contributed by atoms with Gasteiger partial charge in [0.25, 0.3) is 0 Å². The molecule has 0 aliphatic carbocycles. The van der Waals surface area contributed by atoms with E-state index in [0.29, 0.717) is 18.8 Å². The van der Waals surface area contributed by atoms with Crippen LogP contribution < -0.4 is 10.1 Å². The van der Waals surface area contributed by atoms with Gasteiger partial charge in [0.1, 0.15) is 17.9 Å². The Balaban J connectivity index is 1.43. The predicted octanol–water partition coefficient (Wildman–Crippen LogP) is 5.93. The minimum Gasteiger partial charge on any atom is -0.489 e. The molecule has 1 aliphatic heterocycles. The lowest BCUT2D eigenvalue weighted by Crippen LogP contribution is -2.23. The SMILES string of the molecule is CCOC(=O)c1cnn(-c2cccc(-c3sc(C)c(C)c3COc3ccc4c(c3)CCNC4)c2)c1C. The molecule has 7 heteroatoms. The van der Waals surface area contributed by atoms with Crippen LogP contribution in [0.25, 0.3) is 16.1 Å². The highest BCUT2D eigenvalue weighted by Crippen LogP contribution is 2.38. The Morgan fingerprint density at radius 1 is 1.14 bits per heavy atom. The van der Waals surface area contributed by atoms with Crippen LogP contribution in [0.3, 0.4) is 0 Å². The molecule has 0 atom stereocenters. The molecule has 0 fully saturated rings. The average molecular weight is 502 g/mol. The molecule has 0 saturated carbocycles. The first-order valence-electron chi connectivity index (χ1n) is 12.3. The predicted molar refractivity (Wildman–Crippen MR) is 143 cm³/mol. The first kappa shape index (κ1) is 24.3. The molecule has 1 N–H and O–H groups in total. The highest BCUT2D eigenvalue weighted by atomic mass is 32.1. The molecule has 5 rings (SSSR count). The van der Waals surface area contributed by atoms with Crippen LogP contribution in [0.5, 0.6) is 5.75 Å². The van der Waals surface area contributed by atoms with E-state index in [1.54, 1.807) is 29.1 Å². The summed E-state index contributed by atoms with van der Waals surface area (Å²) in [6.07, 6.45) is 2.61. The van der Waals surface area contributed by atoms with E-state index in [1.807, 2.05) is 19.1 Å². The third-order valence-corrected chi connectivity index (χ3v) is 8.11. The van der Waals surface area contributed by atoms with Gasteiger partial charge in [-0.25, -0.2) is 9.48 Å². The third-order valence-electron chi connectivity index (χ3n) is 6.82. The lowest BCUT2D eigenvalue weighted by Gasteiger charge is -2.18. The number of aryl methyl sites for hydroxylation is 1. The summed E-state index contributed by atoms with van der Waals surface area (Å²) in [5, 5.41) is 7.89. The van der Waals surface area contributed by atoms with E-state index in [2.05, 4.69) is 54.6 Å². The number of esters is 1. The Hall–Kier alpha value is -3.42. The number of nitrogens with zero attached hydrogens (tertiary/aromatic N) is 2. The van der Waals surface area contributed by atoms with Crippen molar-refractivity contribution >= 4 is 17.3 Å². The molecule has 36 heavy (non-hydrogen) atoms. The summed E-state index contributed by atoms with van der Waals surface area (Å²) in [6, 6.07) is 14.7. The zero-order valence-corrected chi connectivity index (χ0v) is 22.0. The smallest absolute Gasteiger partial charge is 0.341 e. The monoisotopic (exact) mass is 501 g/mol. The fourth-order valence-electron chi connectivity index (χ4n) is 4.64. The van der Waals surface area contributed by atoms with E-state index in [4.69, 9.17) is 9.47 Å². The summed E-state index contributed by atoms with van der Waals surface area (Å²) >= 11 is 1.78. The molecule has 0 radical (unpaired) electrons. The van der Waals surface area contributed by atoms with Gasteiger partial charge in [-0.05, 0) is 87.2 Å². The highest BCUT2D eigenvalue weighted by Gasteiger charge is 2.19. The molecule has 6 nitrogen and oxygen atoms in total. The number of hydrogen-bond acceptors (Lipinski definition) is 6. The van der Waals surface area contributed by atoms with Crippen LogP contribution in [0.4, 0.5) is 0 Å². The van der Waals surface area contributed by atoms with Gasteiger partial charge in [0, 0.05) is 21.9 Å². The van der Waals surface area contributed by atoms with E-state index in [9.17, 15) is 4.79 Å². The van der Waals surface area contributed by atoms with Gasteiger partial charge in [0.2, 0.25) is 0 Å². The van der Waals surface area contributed by atoms with Crippen molar-refractivity contribution in [1.82, 2.24) is 15.1 Å². The number of carbonyl (C=O) groups excluding carboxylic acids is 1. The zero-order chi connectivity index (χ0) is 25.2. The number of hydrogen-bond donors (Lipinski definition) is 1. The van der Waals surface area contributed by atoms with Crippen molar-refractivity contribution in [1.29, 1.82) is 0 Å². The van der Waals surface area contributed by atoms with Gasteiger partial charge in [0.15, 0.2) is 0 Å². The van der Waals surface area contributed by atoms with Crippen molar-refractivity contribution in [2.24, 2.45) is 0 Å². The van der Waals surface area contributed by atoms with Gasteiger partial charge in [-0.3, -0.25) is 0 Å². The second-order valence-corrected chi connectivity index (χ2v) is 10.3. The third kappa shape index (κ3) is 4.68. The second kappa shape index (κ2) is 10.3. The molecule has 2 aromatic carbocycles. The van der Waals surface area contributed by atoms with Crippen LogP contribution in [-0.2, 0) is 24.3 Å². The molecular formula is C29H31N3O3S. The van der Waals surface area contributed by atoms with Gasteiger partial charge in [0.05, 0.1) is 24.2 Å². The van der Waals surface area contributed by atoms with Gasteiger partial charge in [-0.2, -0.15) is 5.10 Å². The summed E-state index contributed by atoms with van der Waals surface area (Å²) in [4.78, 5) is 14.7. The van der Waals surface area contributed by atoms with Gasteiger partial charge in [-0.1, -0.05) is 18.2 Å². The number of nitrogens with one attached hydrogen (secondary N) is 1. The fourth-order valence-corrected chi connectivity index (χ4v) is 5.80. The van der Waals surface area contributed by atoms with Crippen LogP contribution in [-0.4, -0.2) is 28.9 Å². The molecule has 3 heterocycles. The first-order valence-corrected chi connectivity index (χ1v) is 13.1. The van der Waals surface area contributed by atoms with Crippen LogP contribution in [0, 0.1) is 20.8 Å². The Morgan fingerprint density at radius 3 is 2.83 bits per heavy atom. The molecule has 0 amide bonds. The lowest BCUT2D eigenvalue weighted by molar-refractivity contribution is 0.0525. The van der Waals surface area contributed by atoms with Crippen molar-refractivity contribution in [2.75, 3.05) is 13.2 Å². The minimum absolute atomic E-state index is 0.337. The molecule has 186 valence electrons. The number of ether oxygens (including phenoxy) is 2. The fraction of sp³-hybridized carbons (Fsp3) is 0.310. The van der Waals surface area contributed by atoms with Crippen molar-refractivity contribution in [3.05, 3.63) is 87.0 Å². The van der Waals surface area contributed by atoms with Crippen molar-refractivity contribution < 1.29 is 14.3 Å². The molecule has 0 spiro atoms. The Bertz CT molecular complexity index is 1420. The molecule has 1 aliphatic rings. The summed E-state index contributed by atoms with van der Waals surface area (Å²) < 4.78 is 13.3. The highest BCUT2D eigenvalue weighted by molar-refractivity contribution is 7.15. The second-order valence-electron chi connectivity index (χ2n) is 9.06. The standard InChI is InChI=1S/C29H31N3O3S/c1-5-34-29(33)26-16-31-32(19(26)3)24-8-6-7-22(13-24)28-27(18(2)20(4)36-28)17-35-25-10-9-23-15-30-12-11-21(23)14-25/h6-10,13-14,16,30H,5,11-12,15,17H2,1-4H3. The zero-order valence-electron chi connectivity index (χ0n) is 21.2. The number of benzene rings is 2. The lowest BCUT2D eigenvalue weighted by atomic mass is 10.0. The van der Waals surface area contributed by atoms with Crippen molar-refractivity contribution in [3.63, 3.8) is 0 Å². The van der Waals surface area contributed by atoms with Crippen LogP contribution >= 0.6 is 11.3 Å². The Kier molecular flexibility index (Phi) is 6.94. The summed E-state index contributed by atoms with van der Waals surface area (Å²) in [6.45, 7) is 10.8. The first-order chi connectivity index (χ1) is 17.5. The molecule has 0 bridgehead atoms. The number of thiophene rings is 1. The Morgan fingerprint density at radius 2 is 2.00 bits per heavy atom. The van der Waals surface area contributed by atoms with Crippen LogP contribution in [0.1, 0.15) is 50.1 Å². The van der Waals surface area contributed by atoms with Crippen molar-refractivity contribution in [3.8, 4) is 21.9 Å². The summed E-state index contributed by atoms with van der Waals surface area (Å²) in [5.74, 6) is 0.567. The van der Waals surface area contributed by atoms with E-state index in [-0.39, 0.29) is 5.97 Å². The van der Waals surface area contributed by atoms with Gasteiger partial charge < -0.3 is 14.8 Å². The largest absolute Gasteiger partial charge is 0.489 e. The van der Waals surface area contributed by atoms with E-state index in [1.165, 1.54) is 32.0 Å². The number of aromatic nitrogens is 2. The minimum atomic E-state index is -0.347. The topological polar surface area (TPSA) is 65.4 Å². The van der Waals surface area contributed by atoms with Crippen LogP contribution in [0.2, 0.25) is 0 Å². The average Bonchev–Trinajstić information content (AvgIpc) is 3.42. The van der Waals surface area contributed by atoms with E-state index in [0.717, 1.165) is 42.2 Å². The molecule has 2 aromatic heterocycles. The van der Waals surface area contributed by atoms with Gasteiger partial charge >= 0.3 is 5.97 Å². The Labute approximate surface area is 215 Å². The molecule has 0 unspecified atom stereocenters. The molecule has 0 saturated heterocycles. The summed E-state index contributed by atoms with van der Waals surface area (Å²) in [7, 11) is 0. The van der Waals surface area contributed by atoms with E-state index < -0.39 is 0 Å². The van der Waals surface area contributed by atoms with E-state index >= 15 is 0 Å². The van der Waals surface area contributed by atoms with Gasteiger partial charge in [-0.15, -0.1) is 11.3 Å². The molecule has 4 aromatic rings. The number of rotatable bonds is 7. The quantitative estimate of drug-likeness (QED) is 0.318. The summed E-state index contributed by atoms with van der Waals surface area (Å²) in [5.41, 5.74) is 8.45. The maximum atomic E-state index is 12.3. The number of carbonyl (C=O) groups is 1. The molecular weight excluding hydrogens is 470 g/mol. The maximum absolute atomic E-state index is 12.3. The normalized spacial score (nSPS) is 12.9.